The largest absolute Gasteiger partial charge is 0.387 e. The highest BCUT2D eigenvalue weighted by Gasteiger charge is 2.17. The first kappa shape index (κ1) is 12.0. The van der Waals surface area contributed by atoms with E-state index in [0.717, 1.165) is 6.07 Å². The van der Waals surface area contributed by atoms with Gasteiger partial charge in [-0.15, -0.1) is 0 Å². The van der Waals surface area contributed by atoms with Crippen molar-refractivity contribution in [2.24, 2.45) is 5.73 Å². The van der Waals surface area contributed by atoms with Crippen LogP contribution >= 0.6 is 0 Å². The fraction of sp³-hybridized carbons (Fsp3) is 0.400. The predicted octanol–water partition coefficient (Wildman–Crippen LogP) is 1.10. The molecule has 0 aliphatic rings. The second-order valence-electron chi connectivity index (χ2n) is 3.11. The van der Waals surface area contributed by atoms with Gasteiger partial charge in [0.1, 0.15) is 11.6 Å². The first-order chi connectivity index (χ1) is 7.11. The van der Waals surface area contributed by atoms with Crippen LogP contribution in [0.2, 0.25) is 0 Å². The fourth-order valence-electron chi connectivity index (χ4n) is 1.28. The molecule has 3 nitrogen and oxygen atoms in total. The van der Waals surface area contributed by atoms with Crippen LogP contribution in [0.4, 0.5) is 8.78 Å². The van der Waals surface area contributed by atoms with Gasteiger partial charge in [-0.3, -0.25) is 0 Å². The number of aliphatic hydroxyl groups excluding tert-OH is 1. The van der Waals surface area contributed by atoms with Crippen molar-refractivity contribution in [2.45, 2.75) is 12.7 Å². The van der Waals surface area contributed by atoms with Gasteiger partial charge in [0.25, 0.3) is 0 Å². The van der Waals surface area contributed by atoms with Gasteiger partial charge in [0.05, 0.1) is 12.7 Å². The zero-order valence-electron chi connectivity index (χ0n) is 8.34. The van der Waals surface area contributed by atoms with Crippen LogP contribution in [0.5, 0.6) is 0 Å². The van der Waals surface area contributed by atoms with Crippen LogP contribution in [-0.2, 0) is 11.3 Å². The molecule has 1 unspecified atom stereocenters. The van der Waals surface area contributed by atoms with Gasteiger partial charge in [-0.1, -0.05) is 6.07 Å². The number of halogens is 2. The van der Waals surface area contributed by atoms with Crippen LogP contribution < -0.4 is 5.73 Å². The van der Waals surface area contributed by atoms with E-state index in [9.17, 15) is 13.9 Å². The molecule has 5 heteroatoms. The lowest BCUT2D eigenvalue weighted by molar-refractivity contribution is 0.169. The summed E-state index contributed by atoms with van der Waals surface area (Å²) in [5.41, 5.74) is 4.99. The van der Waals surface area contributed by atoms with Gasteiger partial charge in [-0.25, -0.2) is 8.78 Å². The van der Waals surface area contributed by atoms with Gasteiger partial charge in [0.2, 0.25) is 0 Å². The lowest BCUT2D eigenvalue weighted by Crippen LogP contribution is -2.14. The average molecular weight is 217 g/mol. The molecule has 1 aromatic carbocycles. The van der Waals surface area contributed by atoms with E-state index < -0.39 is 17.7 Å². The lowest BCUT2D eigenvalue weighted by atomic mass is 10.0. The van der Waals surface area contributed by atoms with E-state index in [4.69, 9.17) is 5.73 Å². The van der Waals surface area contributed by atoms with Crippen LogP contribution in [0, 0.1) is 11.6 Å². The number of hydrogen-bond donors (Lipinski definition) is 2. The molecule has 0 heterocycles. The summed E-state index contributed by atoms with van der Waals surface area (Å²) in [5.74, 6) is -1.49. The normalized spacial score (nSPS) is 12.9. The molecular weight excluding hydrogens is 204 g/mol. The third kappa shape index (κ3) is 2.50. The van der Waals surface area contributed by atoms with Crippen LogP contribution in [-0.4, -0.2) is 18.8 Å². The minimum Gasteiger partial charge on any atom is -0.387 e. The SMILES string of the molecule is COCc1c(F)ccc(C(O)CN)c1F. The minimum absolute atomic E-state index is 0.00838. The van der Waals surface area contributed by atoms with Gasteiger partial charge in [-0.2, -0.15) is 0 Å². The number of aliphatic hydroxyl groups is 1. The van der Waals surface area contributed by atoms with Crippen molar-refractivity contribution in [2.75, 3.05) is 13.7 Å². The molecule has 0 saturated carbocycles. The van der Waals surface area contributed by atoms with Crippen molar-refractivity contribution in [3.8, 4) is 0 Å². The topological polar surface area (TPSA) is 55.5 Å². The molecule has 0 aliphatic carbocycles. The van der Waals surface area contributed by atoms with Crippen molar-refractivity contribution >= 4 is 0 Å². The van der Waals surface area contributed by atoms with Crippen molar-refractivity contribution in [3.05, 3.63) is 34.9 Å². The highest BCUT2D eigenvalue weighted by Crippen LogP contribution is 2.22. The Bertz CT molecular complexity index is 344. The molecule has 1 aromatic rings. The Labute approximate surface area is 86.5 Å². The number of rotatable bonds is 4. The summed E-state index contributed by atoms with van der Waals surface area (Å²) in [7, 11) is 1.34. The molecule has 15 heavy (non-hydrogen) atoms. The average Bonchev–Trinajstić information content (AvgIpc) is 2.23. The summed E-state index contributed by atoms with van der Waals surface area (Å²) in [6, 6.07) is 2.27. The standard InChI is InChI=1S/C10H13F2NO2/c1-15-5-7-8(11)3-2-6(10(7)12)9(14)4-13/h2-3,9,14H,4-5,13H2,1H3. The van der Waals surface area contributed by atoms with Gasteiger partial charge in [0.15, 0.2) is 0 Å². The Hall–Kier alpha value is -1.04. The van der Waals surface area contributed by atoms with Gasteiger partial charge in [0, 0.05) is 24.8 Å². The second-order valence-corrected chi connectivity index (χ2v) is 3.11. The molecular formula is C10H13F2NO2. The molecule has 0 amide bonds. The monoisotopic (exact) mass is 217 g/mol. The maximum atomic E-state index is 13.6. The summed E-state index contributed by atoms with van der Waals surface area (Å²) in [5, 5.41) is 9.37. The highest BCUT2D eigenvalue weighted by atomic mass is 19.1. The Morgan fingerprint density at radius 3 is 2.67 bits per heavy atom. The maximum absolute atomic E-state index is 13.6. The number of nitrogens with two attached hydrogens (primary N) is 1. The summed E-state index contributed by atoms with van der Waals surface area (Å²) in [4.78, 5) is 0. The van der Waals surface area contributed by atoms with Crippen molar-refractivity contribution in [1.29, 1.82) is 0 Å². The van der Waals surface area contributed by atoms with Gasteiger partial charge < -0.3 is 15.6 Å². The molecule has 0 spiro atoms. The molecule has 0 radical (unpaired) electrons. The molecule has 0 fully saturated rings. The van der Waals surface area contributed by atoms with Crippen molar-refractivity contribution in [1.82, 2.24) is 0 Å². The van der Waals surface area contributed by atoms with E-state index in [0.29, 0.717) is 0 Å². The summed E-state index contributed by atoms with van der Waals surface area (Å²) < 4.78 is 31.4. The van der Waals surface area contributed by atoms with Gasteiger partial charge >= 0.3 is 0 Å². The zero-order valence-corrected chi connectivity index (χ0v) is 8.34. The van der Waals surface area contributed by atoms with Crippen molar-refractivity contribution < 1.29 is 18.6 Å². The van der Waals surface area contributed by atoms with E-state index in [-0.39, 0.29) is 24.3 Å². The molecule has 84 valence electrons. The highest BCUT2D eigenvalue weighted by molar-refractivity contribution is 5.28. The predicted molar refractivity (Wildman–Crippen MR) is 51.1 cm³/mol. The first-order valence-corrected chi connectivity index (χ1v) is 4.45. The van der Waals surface area contributed by atoms with Crippen LogP contribution in [0.15, 0.2) is 12.1 Å². The van der Waals surface area contributed by atoms with E-state index in [1.54, 1.807) is 0 Å². The Kier molecular flexibility index (Phi) is 4.14. The van der Waals surface area contributed by atoms with E-state index in [2.05, 4.69) is 4.74 Å². The third-order valence-electron chi connectivity index (χ3n) is 2.09. The van der Waals surface area contributed by atoms with Crippen LogP contribution in [0.1, 0.15) is 17.2 Å². The Morgan fingerprint density at radius 2 is 2.13 bits per heavy atom. The number of benzene rings is 1. The zero-order chi connectivity index (χ0) is 11.4. The fourth-order valence-corrected chi connectivity index (χ4v) is 1.28. The molecule has 3 N–H and O–H groups in total. The number of ether oxygens (including phenoxy) is 1. The first-order valence-electron chi connectivity index (χ1n) is 4.45. The molecule has 0 aromatic heterocycles. The van der Waals surface area contributed by atoms with Crippen molar-refractivity contribution in [3.63, 3.8) is 0 Å². The van der Waals surface area contributed by atoms with Crippen LogP contribution in [0.25, 0.3) is 0 Å². The number of methoxy groups -OCH3 is 1. The quantitative estimate of drug-likeness (QED) is 0.794. The molecule has 0 aliphatic heterocycles. The van der Waals surface area contributed by atoms with Gasteiger partial charge in [-0.05, 0) is 6.07 Å². The second kappa shape index (κ2) is 5.16. The number of hydrogen-bond acceptors (Lipinski definition) is 3. The Morgan fingerprint density at radius 1 is 1.47 bits per heavy atom. The molecule has 1 atom stereocenters. The molecule has 0 saturated heterocycles. The Balaban J connectivity index is 3.15. The lowest BCUT2D eigenvalue weighted by Gasteiger charge is -2.12. The molecule has 0 bridgehead atoms. The third-order valence-corrected chi connectivity index (χ3v) is 2.09. The molecule has 1 rings (SSSR count). The maximum Gasteiger partial charge on any atom is 0.137 e. The summed E-state index contributed by atoms with van der Waals surface area (Å²) in [6.45, 7) is -0.294. The van der Waals surface area contributed by atoms with Crippen LogP contribution in [0.3, 0.4) is 0 Å². The summed E-state index contributed by atoms with van der Waals surface area (Å²) in [6.07, 6.45) is -1.12. The minimum atomic E-state index is -1.12. The van der Waals surface area contributed by atoms with E-state index in [1.807, 2.05) is 0 Å². The summed E-state index contributed by atoms with van der Waals surface area (Å²) >= 11 is 0. The van der Waals surface area contributed by atoms with E-state index >= 15 is 0 Å². The smallest absolute Gasteiger partial charge is 0.137 e. The van der Waals surface area contributed by atoms with E-state index in [1.165, 1.54) is 13.2 Å².